The van der Waals surface area contributed by atoms with Gasteiger partial charge in [0.1, 0.15) is 5.82 Å². The SMILES string of the molecule is Cc1cnc(NC2CCOC(C)(C)C2)c(N)c1. The summed E-state index contributed by atoms with van der Waals surface area (Å²) in [5.74, 6) is 0.790. The fraction of sp³-hybridized carbons (Fsp3) is 0.615. The van der Waals surface area contributed by atoms with Gasteiger partial charge in [0.15, 0.2) is 0 Å². The number of ether oxygens (including phenoxy) is 1. The maximum Gasteiger partial charge on any atom is 0.149 e. The molecule has 1 aromatic heterocycles. The highest BCUT2D eigenvalue weighted by Gasteiger charge is 2.29. The van der Waals surface area contributed by atoms with Gasteiger partial charge in [0.05, 0.1) is 11.3 Å². The van der Waals surface area contributed by atoms with Gasteiger partial charge >= 0.3 is 0 Å². The number of hydrogen-bond donors (Lipinski definition) is 2. The van der Waals surface area contributed by atoms with E-state index in [0.29, 0.717) is 11.7 Å². The van der Waals surface area contributed by atoms with Gasteiger partial charge in [-0.3, -0.25) is 0 Å². The number of aryl methyl sites for hydroxylation is 1. The van der Waals surface area contributed by atoms with Crippen molar-refractivity contribution in [3.05, 3.63) is 17.8 Å². The summed E-state index contributed by atoms with van der Waals surface area (Å²) in [5.41, 5.74) is 7.69. The molecular weight excluding hydrogens is 214 g/mol. The topological polar surface area (TPSA) is 60.2 Å². The van der Waals surface area contributed by atoms with Gasteiger partial charge < -0.3 is 15.8 Å². The van der Waals surface area contributed by atoms with Gasteiger partial charge in [-0.05, 0) is 45.2 Å². The van der Waals surface area contributed by atoms with Crippen molar-refractivity contribution in [2.24, 2.45) is 0 Å². The number of anilines is 2. The molecule has 0 bridgehead atoms. The molecule has 0 aliphatic carbocycles. The van der Waals surface area contributed by atoms with Crippen molar-refractivity contribution in [1.82, 2.24) is 4.98 Å². The zero-order valence-electron chi connectivity index (χ0n) is 10.8. The maximum atomic E-state index is 5.95. The molecule has 94 valence electrons. The van der Waals surface area contributed by atoms with Gasteiger partial charge in [0.2, 0.25) is 0 Å². The van der Waals surface area contributed by atoms with Gasteiger partial charge in [-0.2, -0.15) is 0 Å². The zero-order chi connectivity index (χ0) is 12.5. The summed E-state index contributed by atoms with van der Waals surface area (Å²) in [5, 5.41) is 3.42. The third-order valence-corrected chi connectivity index (χ3v) is 3.09. The molecule has 0 radical (unpaired) electrons. The average Bonchev–Trinajstić information content (AvgIpc) is 2.21. The summed E-state index contributed by atoms with van der Waals surface area (Å²) < 4.78 is 5.69. The van der Waals surface area contributed by atoms with Crippen LogP contribution in [0.15, 0.2) is 12.3 Å². The van der Waals surface area contributed by atoms with E-state index in [4.69, 9.17) is 10.5 Å². The van der Waals surface area contributed by atoms with Crippen LogP contribution in [0.5, 0.6) is 0 Å². The molecule has 0 spiro atoms. The second kappa shape index (κ2) is 4.53. The van der Waals surface area contributed by atoms with E-state index in [1.54, 1.807) is 0 Å². The van der Waals surface area contributed by atoms with E-state index >= 15 is 0 Å². The Morgan fingerprint density at radius 1 is 1.53 bits per heavy atom. The molecule has 2 heterocycles. The third kappa shape index (κ3) is 3.09. The molecule has 1 saturated heterocycles. The monoisotopic (exact) mass is 235 g/mol. The summed E-state index contributed by atoms with van der Waals surface area (Å²) in [4.78, 5) is 4.34. The molecule has 3 N–H and O–H groups in total. The first kappa shape index (κ1) is 12.2. The number of nitrogens with one attached hydrogen (secondary N) is 1. The summed E-state index contributed by atoms with van der Waals surface area (Å²) in [6.07, 6.45) is 3.81. The highest BCUT2D eigenvalue weighted by Crippen LogP contribution is 2.27. The second-order valence-electron chi connectivity index (χ2n) is 5.39. The number of rotatable bonds is 2. The van der Waals surface area contributed by atoms with Crippen LogP contribution in [-0.4, -0.2) is 23.2 Å². The number of aromatic nitrogens is 1. The second-order valence-corrected chi connectivity index (χ2v) is 5.39. The van der Waals surface area contributed by atoms with E-state index in [9.17, 15) is 0 Å². The van der Waals surface area contributed by atoms with Crippen LogP contribution in [0, 0.1) is 6.92 Å². The lowest BCUT2D eigenvalue weighted by Crippen LogP contribution is -2.40. The van der Waals surface area contributed by atoms with Crippen molar-refractivity contribution in [1.29, 1.82) is 0 Å². The highest BCUT2D eigenvalue weighted by molar-refractivity contribution is 5.62. The highest BCUT2D eigenvalue weighted by atomic mass is 16.5. The Morgan fingerprint density at radius 3 is 2.94 bits per heavy atom. The Hall–Kier alpha value is -1.29. The summed E-state index contributed by atoms with van der Waals surface area (Å²) in [6, 6.07) is 2.33. The Bertz CT molecular complexity index is 404. The Balaban J connectivity index is 2.05. The van der Waals surface area contributed by atoms with E-state index in [0.717, 1.165) is 30.8 Å². The number of nitrogens with zero attached hydrogens (tertiary/aromatic N) is 1. The van der Waals surface area contributed by atoms with Crippen molar-refractivity contribution in [2.45, 2.75) is 45.3 Å². The molecule has 0 saturated carbocycles. The van der Waals surface area contributed by atoms with Gasteiger partial charge in [0.25, 0.3) is 0 Å². The molecule has 0 amide bonds. The summed E-state index contributed by atoms with van der Waals surface area (Å²) in [7, 11) is 0. The predicted octanol–water partition coefficient (Wildman–Crippen LogP) is 2.34. The van der Waals surface area contributed by atoms with E-state index in [2.05, 4.69) is 24.1 Å². The Kier molecular flexibility index (Phi) is 3.24. The number of hydrogen-bond acceptors (Lipinski definition) is 4. The van der Waals surface area contributed by atoms with Crippen LogP contribution in [0.2, 0.25) is 0 Å². The van der Waals surface area contributed by atoms with Crippen LogP contribution in [0.1, 0.15) is 32.3 Å². The van der Waals surface area contributed by atoms with Gasteiger partial charge in [-0.25, -0.2) is 4.98 Å². The molecule has 4 heteroatoms. The number of nitrogens with two attached hydrogens (primary N) is 1. The predicted molar refractivity (Wildman–Crippen MR) is 70.1 cm³/mol. The smallest absolute Gasteiger partial charge is 0.149 e. The lowest BCUT2D eigenvalue weighted by Gasteiger charge is -2.36. The molecule has 17 heavy (non-hydrogen) atoms. The molecule has 1 fully saturated rings. The van der Waals surface area contributed by atoms with Gasteiger partial charge in [-0.1, -0.05) is 0 Å². The largest absolute Gasteiger partial charge is 0.396 e. The van der Waals surface area contributed by atoms with Crippen molar-refractivity contribution in [3.8, 4) is 0 Å². The zero-order valence-corrected chi connectivity index (χ0v) is 10.8. The van der Waals surface area contributed by atoms with Crippen molar-refractivity contribution in [3.63, 3.8) is 0 Å². The Morgan fingerprint density at radius 2 is 2.29 bits per heavy atom. The van der Waals surface area contributed by atoms with Crippen LogP contribution in [0.25, 0.3) is 0 Å². The molecule has 1 aromatic rings. The van der Waals surface area contributed by atoms with Crippen molar-refractivity contribution < 1.29 is 4.74 Å². The normalized spacial score (nSPS) is 23.4. The average molecular weight is 235 g/mol. The van der Waals surface area contributed by atoms with Crippen molar-refractivity contribution >= 4 is 11.5 Å². The number of nitrogen functional groups attached to an aromatic ring is 1. The minimum absolute atomic E-state index is 0.0601. The van der Waals surface area contributed by atoms with Crippen LogP contribution < -0.4 is 11.1 Å². The molecule has 1 aliphatic heterocycles. The minimum Gasteiger partial charge on any atom is -0.396 e. The first-order valence-corrected chi connectivity index (χ1v) is 6.09. The molecule has 1 aliphatic rings. The van der Waals surface area contributed by atoms with Gasteiger partial charge in [-0.15, -0.1) is 0 Å². The molecule has 1 unspecified atom stereocenters. The molecular formula is C13H21N3O. The van der Waals surface area contributed by atoms with E-state index in [1.807, 2.05) is 19.2 Å². The first-order valence-electron chi connectivity index (χ1n) is 6.09. The molecule has 2 rings (SSSR count). The third-order valence-electron chi connectivity index (χ3n) is 3.09. The fourth-order valence-electron chi connectivity index (χ4n) is 2.26. The van der Waals surface area contributed by atoms with Crippen molar-refractivity contribution in [2.75, 3.05) is 17.7 Å². The maximum absolute atomic E-state index is 5.95. The Labute approximate surface area is 103 Å². The van der Waals surface area contributed by atoms with E-state index < -0.39 is 0 Å². The summed E-state index contributed by atoms with van der Waals surface area (Å²) >= 11 is 0. The van der Waals surface area contributed by atoms with Crippen LogP contribution >= 0.6 is 0 Å². The van der Waals surface area contributed by atoms with Crippen LogP contribution in [-0.2, 0) is 4.74 Å². The van der Waals surface area contributed by atoms with Crippen LogP contribution in [0.3, 0.4) is 0 Å². The molecule has 0 aromatic carbocycles. The van der Waals surface area contributed by atoms with Crippen LogP contribution in [0.4, 0.5) is 11.5 Å². The first-order chi connectivity index (χ1) is 7.96. The van der Waals surface area contributed by atoms with E-state index in [-0.39, 0.29) is 5.60 Å². The summed E-state index contributed by atoms with van der Waals surface area (Å²) in [6.45, 7) is 7.01. The quantitative estimate of drug-likeness (QED) is 0.826. The lowest BCUT2D eigenvalue weighted by atomic mass is 9.94. The minimum atomic E-state index is -0.0601. The van der Waals surface area contributed by atoms with Gasteiger partial charge in [0, 0.05) is 18.8 Å². The molecule has 4 nitrogen and oxygen atoms in total. The fourth-order valence-corrected chi connectivity index (χ4v) is 2.26. The molecule has 1 atom stereocenters. The number of pyridine rings is 1. The lowest BCUT2D eigenvalue weighted by molar-refractivity contribution is -0.0553. The van der Waals surface area contributed by atoms with E-state index in [1.165, 1.54) is 0 Å². The standard InChI is InChI=1S/C13H21N3O/c1-9-6-11(14)12(15-8-9)16-10-4-5-17-13(2,3)7-10/h6,8,10H,4-5,7,14H2,1-3H3,(H,15,16).